The zero-order valence-corrected chi connectivity index (χ0v) is 11.4. The molecule has 4 N–H and O–H groups in total. The number of hydrogen-bond donors (Lipinski definition) is 3. The van der Waals surface area contributed by atoms with E-state index in [4.69, 9.17) is 17.3 Å². The molecule has 2 rings (SSSR count). The van der Waals surface area contributed by atoms with Crippen LogP contribution in [-0.2, 0) is 4.79 Å². The number of nitrogens with one attached hydrogen (secondary N) is 1. The summed E-state index contributed by atoms with van der Waals surface area (Å²) >= 11 is 5.98. The van der Waals surface area contributed by atoms with Gasteiger partial charge in [0.1, 0.15) is 0 Å². The predicted octanol–water partition coefficient (Wildman–Crippen LogP) is 1.32. The highest BCUT2D eigenvalue weighted by molar-refractivity contribution is 6.34. The quantitative estimate of drug-likeness (QED) is 0.728. The number of anilines is 2. The Morgan fingerprint density at radius 3 is 3.00 bits per heavy atom. The topological polar surface area (TPSA) is 78.6 Å². The van der Waals surface area contributed by atoms with E-state index in [2.05, 4.69) is 10.2 Å². The van der Waals surface area contributed by atoms with Gasteiger partial charge in [0, 0.05) is 31.7 Å². The highest BCUT2D eigenvalue weighted by Gasteiger charge is 2.20. The first-order valence-electron chi connectivity index (χ1n) is 6.30. The number of likely N-dealkylation sites (tertiary alicyclic amines) is 1. The van der Waals surface area contributed by atoms with Crippen molar-refractivity contribution in [2.75, 3.05) is 30.7 Å². The van der Waals surface area contributed by atoms with Gasteiger partial charge >= 0.3 is 0 Å². The maximum atomic E-state index is 11.8. The van der Waals surface area contributed by atoms with E-state index in [-0.39, 0.29) is 12.0 Å². The highest BCUT2D eigenvalue weighted by Crippen LogP contribution is 2.24. The number of rotatable bonds is 4. The van der Waals surface area contributed by atoms with E-state index in [1.54, 1.807) is 18.2 Å². The molecule has 1 heterocycles. The van der Waals surface area contributed by atoms with Crippen molar-refractivity contribution >= 4 is 28.9 Å². The maximum absolute atomic E-state index is 11.8. The molecule has 1 saturated heterocycles. The molecule has 0 saturated carbocycles. The molecular formula is C13H18ClN3O2. The highest BCUT2D eigenvalue weighted by atomic mass is 35.5. The van der Waals surface area contributed by atoms with Crippen LogP contribution in [0.15, 0.2) is 18.2 Å². The Morgan fingerprint density at radius 1 is 1.58 bits per heavy atom. The zero-order valence-electron chi connectivity index (χ0n) is 10.6. The number of aliphatic hydroxyl groups excluding tert-OH is 1. The van der Waals surface area contributed by atoms with Crippen molar-refractivity contribution < 1.29 is 9.90 Å². The van der Waals surface area contributed by atoms with Crippen molar-refractivity contribution in [3.8, 4) is 0 Å². The van der Waals surface area contributed by atoms with Crippen LogP contribution in [0.2, 0.25) is 5.02 Å². The number of amides is 1. The first kappa shape index (κ1) is 14.1. The molecular weight excluding hydrogens is 266 g/mol. The van der Waals surface area contributed by atoms with E-state index in [9.17, 15) is 9.90 Å². The van der Waals surface area contributed by atoms with Gasteiger partial charge in [0.2, 0.25) is 5.91 Å². The predicted molar refractivity (Wildman–Crippen MR) is 76.2 cm³/mol. The average molecular weight is 284 g/mol. The minimum atomic E-state index is -0.255. The molecule has 0 bridgehead atoms. The molecule has 1 unspecified atom stereocenters. The summed E-state index contributed by atoms with van der Waals surface area (Å²) in [5.74, 6) is -0.0898. The lowest BCUT2D eigenvalue weighted by Crippen LogP contribution is -2.26. The summed E-state index contributed by atoms with van der Waals surface area (Å²) in [6, 6.07) is 4.99. The van der Waals surface area contributed by atoms with Crippen LogP contribution in [0.3, 0.4) is 0 Å². The summed E-state index contributed by atoms with van der Waals surface area (Å²) in [6.07, 6.45) is 0.911. The molecule has 0 radical (unpaired) electrons. The van der Waals surface area contributed by atoms with Gasteiger partial charge in [-0.15, -0.1) is 0 Å². The van der Waals surface area contributed by atoms with Crippen LogP contribution in [0.1, 0.15) is 12.8 Å². The third-order valence-corrected chi connectivity index (χ3v) is 3.48. The molecule has 1 aliphatic rings. The zero-order chi connectivity index (χ0) is 13.8. The molecule has 0 spiro atoms. The standard InChI is InChI=1S/C13H18ClN3O2/c14-11-7-9(15)1-2-12(11)16-13(19)4-6-17-5-3-10(18)8-17/h1-2,7,10,18H,3-6,8,15H2,(H,16,19). The van der Waals surface area contributed by atoms with Crippen LogP contribution < -0.4 is 11.1 Å². The number of nitrogens with zero attached hydrogens (tertiary/aromatic N) is 1. The molecule has 5 nitrogen and oxygen atoms in total. The molecule has 19 heavy (non-hydrogen) atoms. The lowest BCUT2D eigenvalue weighted by atomic mass is 10.2. The Morgan fingerprint density at radius 2 is 2.37 bits per heavy atom. The van der Waals surface area contributed by atoms with E-state index >= 15 is 0 Å². The Balaban J connectivity index is 1.81. The van der Waals surface area contributed by atoms with Crippen LogP contribution in [0.25, 0.3) is 0 Å². The monoisotopic (exact) mass is 283 g/mol. The van der Waals surface area contributed by atoms with E-state index in [0.717, 1.165) is 13.0 Å². The number of halogens is 1. The van der Waals surface area contributed by atoms with Crippen molar-refractivity contribution in [1.82, 2.24) is 4.90 Å². The molecule has 1 atom stereocenters. The minimum Gasteiger partial charge on any atom is -0.399 e. The van der Waals surface area contributed by atoms with Gasteiger partial charge < -0.3 is 21.1 Å². The molecule has 0 aliphatic carbocycles. The van der Waals surface area contributed by atoms with Crippen LogP contribution in [0.4, 0.5) is 11.4 Å². The number of aliphatic hydroxyl groups is 1. The summed E-state index contributed by atoms with van der Waals surface area (Å²) in [4.78, 5) is 13.9. The third kappa shape index (κ3) is 4.09. The summed E-state index contributed by atoms with van der Waals surface area (Å²) in [6.45, 7) is 2.14. The number of carbonyl (C=O) groups excluding carboxylic acids is 1. The maximum Gasteiger partial charge on any atom is 0.225 e. The lowest BCUT2D eigenvalue weighted by molar-refractivity contribution is -0.116. The molecule has 1 fully saturated rings. The van der Waals surface area contributed by atoms with Gasteiger partial charge in [-0.3, -0.25) is 4.79 Å². The Labute approximate surface area is 117 Å². The number of hydrogen-bond acceptors (Lipinski definition) is 4. The number of nitrogen functional groups attached to an aromatic ring is 1. The number of benzene rings is 1. The van der Waals surface area contributed by atoms with Crippen molar-refractivity contribution in [3.63, 3.8) is 0 Å². The second-order valence-corrected chi connectivity index (χ2v) is 5.19. The first-order valence-corrected chi connectivity index (χ1v) is 6.67. The average Bonchev–Trinajstić information content (AvgIpc) is 2.76. The minimum absolute atomic E-state index is 0.0898. The van der Waals surface area contributed by atoms with Gasteiger partial charge in [-0.05, 0) is 24.6 Å². The van der Waals surface area contributed by atoms with Gasteiger partial charge in [-0.25, -0.2) is 0 Å². The van der Waals surface area contributed by atoms with Crippen LogP contribution in [0.5, 0.6) is 0 Å². The molecule has 0 aromatic heterocycles. The van der Waals surface area contributed by atoms with Crippen molar-refractivity contribution in [2.45, 2.75) is 18.9 Å². The fraction of sp³-hybridized carbons (Fsp3) is 0.462. The van der Waals surface area contributed by atoms with Gasteiger partial charge in [0.15, 0.2) is 0 Å². The molecule has 1 amide bonds. The number of nitrogens with two attached hydrogens (primary N) is 1. The van der Waals surface area contributed by atoms with Crippen LogP contribution in [-0.4, -0.2) is 41.7 Å². The van der Waals surface area contributed by atoms with Gasteiger partial charge in [0.25, 0.3) is 0 Å². The molecule has 1 aromatic carbocycles. The molecule has 6 heteroatoms. The Hall–Kier alpha value is -1.30. The van der Waals surface area contributed by atoms with E-state index in [1.807, 2.05) is 0 Å². The fourth-order valence-corrected chi connectivity index (χ4v) is 2.36. The van der Waals surface area contributed by atoms with Gasteiger partial charge in [-0.2, -0.15) is 0 Å². The normalized spacial score (nSPS) is 19.6. The van der Waals surface area contributed by atoms with Crippen molar-refractivity contribution in [1.29, 1.82) is 0 Å². The first-order chi connectivity index (χ1) is 9.04. The van der Waals surface area contributed by atoms with E-state index < -0.39 is 0 Å². The second kappa shape index (κ2) is 6.23. The number of β-amino-alcohol motifs (C(OH)–C–C–N with tert-alkyl or cyclic N) is 1. The largest absolute Gasteiger partial charge is 0.399 e. The molecule has 1 aliphatic heterocycles. The number of carbonyl (C=O) groups is 1. The molecule has 104 valence electrons. The SMILES string of the molecule is Nc1ccc(NC(=O)CCN2CCC(O)C2)c(Cl)c1. The van der Waals surface area contributed by atoms with Gasteiger partial charge in [0.05, 0.1) is 16.8 Å². The summed E-state index contributed by atoms with van der Waals surface area (Å²) in [5.41, 5.74) is 6.72. The molecule has 1 aromatic rings. The second-order valence-electron chi connectivity index (χ2n) is 4.78. The fourth-order valence-electron chi connectivity index (χ4n) is 2.12. The van der Waals surface area contributed by atoms with E-state index in [1.165, 1.54) is 0 Å². The van der Waals surface area contributed by atoms with Crippen molar-refractivity contribution in [3.05, 3.63) is 23.2 Å². The van der Waals surface area contributed by atoms with Crippen LogP contribution in [0, 0.1) is 0 Å². The van der Waals surface area contributed by atoms with Crippen molar-refractivity contribution in [2.24, 2.45) is 0 Å². The van der Waals surface area contributed by atoms with E-state index in [0.29, 0.717) is 35.9 Å². The lowest BCUT2D eigenvalue weighted by Gasteiger charge is -2.14. The smallest absolute Gasteiger partial charge is 0.225 e. The summed E-state index contributed by atoms with van der Waals surface area (Å²) in [5, 5.41) is 12.6. The van der Waals surface area contributed by atoms with Gasteiger partial charge in [-0.1, -0.05) is 11.6 Å². The Bertz CT molecular complexity index is 467. The Kier molecular flexibility index (Phi) is 4.63. The van der Waals surface area contributed by atoms with Crippen LogP contribution >= 0.6 is 11.6 Å². The summed E-state index contributed by atoms with van der Waals surface area (Å²) in [7, 11) is 0. The summed E-state index contributed by atoms with van der Waals surface area (Å²) < 4.78 is 0. The third-order valence-electron chi connectivity index (χ3n) is 3.17.